The highest BCUT2D eigenvalue weighted by Gasteiger charge is 2.45. The minimum Gasteiger partial charge on any atom is -0.487 e. The van der Waals surface area contributed by atoms with Gasteiger partial charge in [0.25, 0.3) is 0 Å². The summed E-state index contributed by atoms with van der Waals surface area (Å²) in [5.41, 5.74) is 7.85. The molecule has 0 bridgehead atoms. The molecule has 5 atom stereocenters. The van der Waals surface area contributed by atoms with Crippen LogP contribution in [0.4, 0.5) is 13.2 Å². The summed E-state index contributed by atoms with van der Waals surface area (Å²) in [6.07, 6.45) is 3.17. The third kappa shape index (κ3) is 11.5. The Balaban J connectivity index is 0.836. The van der Waals surface area contributed by atoms with Crippen molar-refractivity contribution in [1.82, 2.24) is 30.4 Å². The summed E-state index contributed by atoms with van der Waals surface area (Å²) in [5.74, 6) is -2.64. The number of fused-ring (bicyclic) bond motifs is 2. The van der Waals surface area contributed by atoms with Crippen LogP contribution in [0.5, 0.6) is 5.75 Å². The second kappa shape index (κ2) is 20.8. The fourth-order valence-electron chi connectivity index (χ4n) is 10.1. The van der Waals surface area contributed by atoms with Crippen molar-refractivity contribution in [1.29, 1.82) is 0 Å². The number of alkyl halides is 1. The lowest BCUT2D eigenvalue weighted by atomic mass is 9.84. The predicted molar refractivity (Wildman–Crippen MR) is 265 cm³/mol. The maximum Gasteiger partial charge on any atom is 0.246 e. The summed E-state index contributed by atoms with van der Waals surface area (Å²) in [7, 11) is 0. The first kappa shape index (κ1) is 50.5. The van der Waals surface area contributed by atoms with Crippen molar-refractivity contribution in [2.75, 3.05) is 13.1 Å². The first-order chi connectivity index (χ1) is 33.2. The molecule has 0 radical (unpaired) electrons. The molecule has 4 heterocycles. The van der Waals surface area contributed by atoms with Crippen molar-refractivity contribution < 1.29 is 37.4 Å². The third-order valence-corrected chi connectivity index (χ3v) is 14.6. The van der Waals surface area contributed by atoms with Crippen molar-refractivity contribution >= 4 is 34.6 Å². The van der Waals surface area contributed by atoms with E-state index in [1.165, 1.54) is 30.9 Å². The van der Waals surface area contributed by atoms with Gasteiger partial charge in [-0.25, -0.2) is 18.2 Å². The molecule has 2 aliphatic heterocycles. The number of carbonyl (C=O) groups is 3. The Morgan fingerprint density at radius 1 is 0.971 bits per heavy atom. The monoisotopic (exact) mass is 976 g/mol. The number of carbonyl (C=O) groups excluding carboxylic acids is 3. The smallest absolute Gasteiger partial charge is 0.246 e. The zero-order valence-corrected chi connectivity index (χ0v) is 41.8. The number of nitrogens with zero attached hydrogens (tertiary/aromatic N) is 4. The number of ether oxygens (including phenoxy) is 1. The number of nitrogens with one attached hydrogen (secondary N) is 2. The summed E-state index contributed by atoms with van der Waals surface area (Å²) in [5, 5.41) is 16.5. The summed E-state index contributed by atoms with van der Waals surface area (Å²) in [6, 6.07) is 19.1. The van der Waals surface area contributed by atoms with Crippen molar-refractivity contribution in [3.05, 3.63) is 141 Å². The van der Waals surface area contributed by atoms with Gasteiger partial charge < -0.3 is 25.4 Å². The van der Waals surface area contributed by atoms with E-state index in [-0.39, 0.29) is 68.3 Å². The van der Waals surface area contributed by atoms with E-state index in [0.717, 1.165) is 49.5 Å². The molecule has 3 amide bonds. The largest absolute Gasteiger partial charge is 0.487 e. The Bertz CT molecular complexity index is 2730. The molecule has 3 N–H and O–H groups in total. The number of amides is 3. The van der Waals surface area contributed by atoms with E-state index in [1.807, 2.05) is 99.6 Å². The second-order valence-corrected chi connectivity index (χ2v) is 21.6. The van der Waals surface area contributed by atoms with Crippen LogP contribution < -0.4 is 15.4 Å². The normalized spacial score (nSPS) is 19.7. The van der Waals surface area contributed by atoms with Crippen LogP contribution in [0.1, 0.15) is 112 Å². The third-order valence-electron chi connectivity index (χ3n) is 13.6. The lowest BCUT2D eigenvalue weighted by Crippen LogP contribution is -2.57. The second-order valence-electron chi connectivity index (χ2n) is 20.7. The van der Waals surface area contributed by atoms with E-state index < -0.39 is 52.9 Å². The predicted octanol–water partition coefficient (Wildman–Crippen LogP) is 9.40. The van der Waals surface area contributed by atoms with Crippen molar-refractivity contribution in [3.63, 3.8) is 0 Å². The van der Waals surface area contributed by atoms with E-state index in [9.17, 15) is 19.5 Å². The van der Waals surface area contributed by atoms with Crippen LogP contribution in [0.15, 0.2) is 90.1 Å². The molecule has 1 fully saturated rings. The molecular weight excluding hydrogens is 914 g/mol. The number of pyridine rings is 1. The molecule has 15 heteroatoms. The number of hydrogen-bond donors (Lipinski definition) is 3. The van der Waals surface area contributed by atoms with Crippen LogP contribution >= 0.6 is 11.3 Å². The molecule has 1 aliphatic carbocycles. The number of benzene rings is 3. The van der Waals surface area contributed by atoms with Gasteiger partial charge in [-0.05, 0) is 104 Å². The van der Waals surface area contributed by atoms with Gasteiger partial charge in [0.05, 0.1) is 33.9 Å². The van der Waals surface area contributed by atoms with Crippen molar-refractivity contribution in [2.24, 2.45) is 5.41 Å². The van der Waals surface area contributed by atoms with Gasteiger partial charge in [0, 0.05) is 62.4 Å². The molecule has 370 valence electrons. The number of hydrogen-bond acceptors (Lipinski definition) is 9. The van der Waals surface area contributed by atoms with Crippen molar-refractivity contribution in [2.45, 2.75) is 136 Å². The quantitative estimate of drug-likeness (QED) is 0.0891. The fraction of sp³-hybridized carbons (Fsp3) is 0.436. The van der Waals surface area contributed by atoms with Gasteiger partial charge in [0.2, 0.25) is 17.7 Å². The number of thiazole rings is 1. The highest BCUT2D eigenvalue weighted by molar-refractivity contribution is 7.13. The van der Waals surface area contributed by atoms with Crippen LogP contribution in [0.25, 0.3) is 16.0 Å². The first-order valence-electron chi connectivity index (χ1n) is 24.1. The molecule has 0 unspecified atom stereocenters. The fourth-order valence-corrected chi connectivity index (χ4v) is 10.9. The molecule has 0 saturated carbocycles. The molecule has 2 aromatic heterocycles. The van der Waals surface area contributed by atoms with Gasteiger partial charge >= 0.3 is 0 Å². The summed E-state index contributed by atoms with van der Waals surface area (Å²) in [4.78, 5) is 54.1. The molecule has 11 nitrogen and oxygen atoms in total. The van der Waals surface area contributed by atoms with E-state index in [2.05, 4.69) is 20.6 Å². The highest BCUT2D eigenvalue weighted by atomic mass is 32.1. The Morgan fingerprint density at radius 2 is 1.69 bits per heavy atom. The van der Waals surface area contributed by atoms with E-state index in [0.29, 0.717) is 31.4 Å². The average Bonchev–Trinajstić information content (AvgIpc) is 4.03. The molecule has 0 spiro atoms. The minimum atomic E-state index is -1.59. The summed E-state index contributed by atoms with van der Waals surface area (Å²) >= 11 is 1.57. The number of aliphatic hydroxyl groups is 1. The number of aliphatic hydroxyl groups excluding tert-OH is 1. The Morgan fingerprint density at radius 3 is 2.34 bits per heavy atom. The van der Waals surface area contributed by atoms with Gasteiger partial charge in [0.1, 0.15) is 41.7 Å². The topological polar surface area (TPSA) is 137 Å². The number of aryl methyl sites for hydroxylation is 2. The maximum absolute atomic E-state index is 16.2. The zero-order valence-electron chi connectivity index (χ0n) is 41.0. The Kier molecular flexibility index (Phi) is 15.0. The average molecular weight is 977 g/mol. The van der Waals surface area contributed by atoms with Gasteiger partial charge in [-0.3, -0.25) is 24.3 Å². The molecular formula is C55H63F3N6O5S. The SMILES string of the molecule is Cc1ncsc1-c1ccc(CNC(=O)[C@@H]2C[C@@H](O)CN2C(=O)[C@@H](NC(=O)CCCc2ccc(COc3cc(F)c([C@@H]4C5=C(C[C@@H](C)N4CC(C)(C)F)c4ccccc4C5)c(F)c3)nc2)C(C)(C)C)cc1. The van der Waals surface area contributed by atoms with Crippen LogP contribution in [0, 0.1) is 24.0 Å². The Hall–Kier alpha value is -5.90. The molecule has 5 aromatic rings. The van der Waals surface area contributed by atoms with Gasteiger partial charge in [-0.2, -0.15) is 0 Å². The first-order valence-corrected chi connectivity index (χ1v) is 25.0. The molecule has 8 rings (SSSR count). The molecule has 1 saturated heterocycles. The van der Waals surface area contributed by atoms with Gasteiger partial charge in [-0.15, -0.1) is 11.3 Å². The molecule has 3 aromatic carbocycles. The number of halogens is 3. The van der Waals surface area contributed by atoms with Gasteiger partial charge in [-0.1, -0.05) is 75.4 Å². The lowest BCUT2D eigenvalue weighted by molar-refractivity contribution is -0.144. The van der Waals surface area contributed by atoms with Crippen LogP contribution in [-0.2, 0) is 40.4 Å². The number of likely N-dealkylation sites (tertiary alicyclic amines) is 1. The Labute approximate surface area is 412 Å². The standard InChI is InChI=1S/C55H63F3N6O5S/c1-32-21-42-41-13-9-8-12-37(41)22-43(42)49(64(32)30-55(6,7)58)48-44(56)24-40(25-45(48)57)69-29-38-20-17-34(26-59-38)11-10-14-47(66)62-51(54(3,4)5)53(68)63-28-39(65)23-46(63)52(67)60-27-35-15-18-36(19-16-35)50-33(2)61-31-70-50/h8-9,12-13,15-20,24-26,31-32,39,46,49,51,65H,10-11,14,21-23,27-30H2,1-7H3,(H,60,67)(H,62,66)/t32-,39-,46+,49+,51-/m1/s1. The van der Waals surface area contributed by atoms with Crippen LogP contribution in [0.2, 0.25) is 0 Å². The van der Waals surface area contributed by atoms with E-state index in [1.54, 1.807) is 23.6 Å². The van der Waals surface area contributed by atoms with E-state index in [4.69, 9.17) is 4.74 Å². The number of β-amino-alcohol motifs (C(OH)–C–C–N with tert-alkyl or cyclic N) is 1. The maximum atomic E-state index is 16.2. The number of aromatic nitrogens is 2. The molecule has 70 heavy (non-hydrogen) atoms. The number of rotatable bonds is 16. The minimum absolute atomic E-state index is 0.00720. The van der Waals surface area contributed by atoms with Crippen LogP contribution in [-0.4, -0.2) is 85.6 Å². The lowest BCUT2D eigenvalue weighted by Gasteiger charge is -2.44. The van der Waals surface area contributed by atoms with E-state index >= 15 is 13.2 Å². The summed E-state index contributed by atoms with van der Waals surface area (Å²) < 4.78 is 53.6. The molecule has 3 aliphatic rings. The highest BCUT2D eigenvalue weighted by Crippen LogP contribution is 2.50. The summed E-state index contributed by atoms with van der Waals surface area (Å²) in [6.45, 7) is 12.6. The van der Waals surface area contributed by atoms with Gasteiger partial charge in [0.15, 0.2) is 0 Å². The van der Waals surface area contributed by atoms with Crippen LogP contribution in [0.3, 0.4) is 0 Å². The zero-order chi connectivity index (χ0) is 50.1. The van der Waals surface area contributed by atoms with Crippen molar-refractivity contribution in [3.8, 4) is 16.2 Å².